The number of rotatable bonds is 13. The first-order valence-electron chi connectivity index (χ1n) is 15.1. The van der Waals surface area contributed by atoms with Crippen LogP contribution in [0.3, 0.4) is 0 Å². The van der Waals surface area contributed by atoms with Crippen molar-refractivity contribution in [3.05, 3.63) is 129 Å². The number of hydrogen-bond donors (Lipinski definition) is 1. The fourth-order valence-electron chi connectivity index (χ4n) is 5.07. The SMILES string of the molecule is CC[C@@H](C)NC(=O)[C@@H](Cc1ccccc1)N(Cc1ccc(Cl)c(Cl)c1)C(=O)CN(c1cccc(C)c1C)S(=O)(=O)c1ccccc1. The van der Waals surface area contributed by atoms with E-state index in [9.17, 15) is 18.0 Å². The van der Waals surface area contributed by atoms with Gasteiger partial charge in [0.25, 0.3) is 10.0 Å². The van der Waals surface area contributed by atoms with E-state index in [1.165, 1.54) is 17.0 Å². The number of carbonyl (C=O) groups is 2. The van der Waals surface area contributed by atoms with E-state index in [1.807, 2.05) is 64.1 Å². The molecule has 0 aliphatic rings. The topological polar surface area (TPSA) is 86.8 Å². The van der Waals surface area contributed by atoms with Gasteiger partial charge in [0.2, 0.25) is 11.8 Å². The Morgan fingerprint density at radius 2 is 1.48 bits per heavy atom. The number of carbonyl (C=O) groups excluding carboxylic acids is 2. The number of halogens is 2. The number of nitrogens with zero attached hydrogens (tertiary/aromatic N) is 2. The van der Waals surface area contributed by atoms with Crippen LogP contribution in [0.4, 0.5) is 5.69 Å². The number of nitrogens with one attached hydrogen (secondary N) is 1. The predicted octanol–water partition coefficient (Wildman–Crippen LogP) is 7.36. The van der Waals surface area contributed by atoms with Gasteiger partial charge in [0.15, 0.2) is 0 Å². The highest BCUT2D eigenvalue weighted by atomic mass is 35.5. The third kappa shape index (κ3) is 8.49. The largest absolute Gasteiger partial charge is 0.352 e. The van der Waals surface area contributed by atoms with Gasteiger partial charge in [-0.05, 0) is 79.8 Å². The molecule has 7 nitrogen and oxygen atoms in total. The molecule has 0 saturated heterocycles. The van der Waals surface area contributed by atoms with Crippen molar-refractivity contribution in [2.75, 3.05) is 10.8 Å². The molecule has 0 fully saturated rings. The smallest absolute Gasteiger partial charge is 0.264 e. The summed E-state index contributed by atoms with van der Waals surface area (Å²) in [4.78, 5) is 30.1. The molecule has 46 heavy (non-hydrogen) atoms. The second-order valence-electron chi connectivity index (χ2n) is 11.3. The van der Waals surface area contributed by atoms with E-state index < -0.39 is 28.5 Å². The van der Waals surface area contributed by atoms with E-state index in [-0.39, 0.29) is 29.8 Å². The molecule has 0 aromatic heterocycles. The maximum Gasteiger partial charge on any atom is 0.264 e. The Morgan fingerprint density at radius 1 is 0.826 bits per heavy atom. The molecule has 0 aliphatic heterocycles. The Kier molecular flexibility index (Phi) is 11.9. The average Bonchev–Trinajstić information content (AvgIpc) is 3.05. The van der Waals surface area contributed by atoms with E-state index in [4.69, 9.17) is 23.2 Å². The molecule has 4 aromatic rings. The summed E-state index contributed by atoms with van der Waals surface area (Å²) in [5, 5.41) is 3.70. The molecule has 0 radical (unpaired) electrons. The highest BCUT2D eigenvalue weighted by molar-refractivity contribution is 7.92. The summed E-state index contributed by atoms with van der Waals surface area (Å²) in [6, 6.07) is 26.7. The molecule has 4 aromatic carbocycles. The molecule has 0 aliphatic carbocycles. The van der Waals surface area contributed by atoms with Crippen molar-refractivity contribution in [1.29, 1.82) is 0 Å². The lowest BCUT2D eigenvalue weighted by molar-refractivity contribution is -0.140. The fraction of sp³-hybridized carbons (Fsp3) is 0.278. The van der Waals surface area contributed by atoms with Crippen molar-refractivity contribution in [3.63, 3.8) is 0 Å². The first-order chi connectivity index (χ1) is 21.9. The minimum atomic E-state index is -4.19. The van der Waals surface area contributed by atoms with Gasteiger partial charge >= 0.3 is 0 Å². The molecule has 2 amide bonds. The molecule has 0 unspecified atom stereocenters. The lowest BCUT2D eigenvalue weighted by Crippen LogP contribution is -2.54. The Bertz CT molecular complexity index is 1770. The number of anilines is 1. The van der Waals surface area contributed by atoms with E-state index >= 15 is 0 Å². The van der Waals surface area contributed by atoms with Crippen LogP contribution in [0.2, 0.25) is 10.0 Å². The summed E-state index contributed by atoms with van der Waals surface area (Å²) >= 11 is 12.6. The molecular formula is C36H39Cl2N3O4S. The zero-order chi connectivity index (χ0) is 33.4. The van der Waals surface area contributed by atoms with Crippen LogP contribution in [-0.4, -0.2) is 43.8 Å². The normalized spacial score (nSPS) is 12.7. The van der Waals surface area contributed by atoms with Crippen LogP contribution in [0.1, 0.15) is 42.5 Å². The maximum absolute atomic E-state index is 14.6. The molecule has 10 heteroatoms. The zero-order valence-electron chi connectivity index (χ0n) is 26.4. The summed E-state index contributed by atoms with van der Waals surface area (Å²) in [6.07, 6.45) is 0.908. The van der Waals surface area contributed by atoms with Gasteiger partial charge < -0.3 is 10.2 Å². The standard InChI is InChI=1S/C36H39Cl2N3O4S/c1-5-26(3)39-36(43)34(22-28-14-8-6-9-15-28)40(23-29-19-20-31(37)32(38)21-29)35(42)24-41(33-18-12-13-25(2)27(33)4)46(44,45)30-16-10-7-11-17-30/h6-21,26,34H,5,22-24H2,1-4H3,(H,39,43)/t26-,34-/m1/s1. The maximum atomic E-state index is 14.6. The van der Waals surface area contributed by atoms with Crippen LogP contribution in [0.5, 0.6) is 0 Å². The van der Waals surface area contributed by atoms with Crippen LogP contribution < -0.4 is 9.62 Å². The molecule has 2 atom stereocenters. The van der Waals surface area contributed by atoms with Crippen LogP contribution in [-0.2, 0) is 32.6 Å². The first-order valence-corrected chi connectivity index (χ1v) is 17.3. The molecule has 0 heterocycles. The second kappa shape index (κ2) is 15.6. The Morgan fingerprint density at radius 3 is 2.11 bits per heavy atom. The van der Waals surface area contributed by atoms with Crippen molar-refractivity contribution < 1.29 is 18.0 Å². The van der Waals surface area contributed by atoms with Crippen LogP contribution in [0.25, 0.3) is 0 Å². The highest BCUT2D eigenvalue weighted by Gasteiger charge is 2.35. The molecule has 0 bridgehead atoms. The highest BCUT2D eigenvalue weighted by Crippen LogP contribution is 2.30. The molecule has 0 saturated carbocycles. The third-order valence-electron chi connectivity index (χ3n) is 8.06. The van der Waals surface area contributed by atoms with Gasteiger partial charge in [0.1, 0.15) is 12.6 Å². The summed E-state index contributed by atoms with van der Waals surface area (Å²) in [7, 11) is -4.19. The molecule has 0 spiro atoms. The lowest BCUT2D eigenvalue weighted by Gasteiger charge is -2.34. The number of amides is 2. The third-order valence-corrected chi connectivity index (χ3v) is 10.6. The van der Waals surface area contributed by atoms with Crippen molar-refractivity contribution in [1.82, 2.24) is 10.2 Å². The summed E-state index contributed by atoms with van der Waals surface area (Å²) in [5.74, 6) is -0.887. The van der Waals surface area contributed by atoms with E-state index in [2.05, 4.69) is 5.32 Å². The van der Waals surface area contributed by atoms with Crippen LogP contribution in [0.15, 0.2) is 102 Å². The molecule has 242 valence electrons. The summed E-state index contributed by atoms with van der Waals surface area (Å²) < 4.78 is 29.6. The van der Waals surface area contributed by atoms with Gasteiger partial charge in [-0.1, -0.05) is 96.9 Å². The minimum absolute atomic E-state index is 0.00677. The average molecular weight is 681 g/mol. The lowest BCUT2D eigenvalue weighted by atomic mass is 10.0. The van der Waals surface area contributed by atoms with Gasteiger partial charge in [-0.25, -0.2) is 8.42 Å². The van der Waals surface area contributed by atoms with E-state index in [0.717, 1.165) is 21.0 Å². The van der Waals surface area contributed by atoms with Crippen LogP contribution >= 0.6 is 23.2 Å². The molecule has 4 rings (SSSR count). The number of aryl methyl sites for hydroxylation is 1. The Labute approximate surface area is 282 Å². The van der Waals surface area contributed by atoms with Gasteiger partial charge in [0.05, 0.1) is 20.6 Å². The minimum Gasteiger partial charge on any atom is -0.352 e. The van der Waals surface area contributed by atoms with E-state index in [0.29, 0.717) is 27.7 Å². The van der Waals surface area contributed by atoms with Gasteiger partial charge in [0, 0.05) is 19.0 Å². The Balaban J connectivity index is 1.85. The number of benzene rings is 4. The zero-order valence-corrected chi connectivity index (χ0v) is 28.7. The summed E-state index contributed by atoms with van der Waals surface area (Å²) in [6.45, 7) is 7.04. The molecule has 1 N–H and O–H groups in total. The van der Waals surface area contributed by atoms with Crippen molar-refractivity contribution in [2.45, 2.75) is 64.1 Å². The second-order valence-corrected chi connectivity index (χ2v) is 14.0. The summed E-state index contributed by atoms with van der Waals surface area (Å²) in [5.41, 5.74) is 3.47. The predicted molar refractivity (Wildman–Crippen MR) is 186 cm³/mol. The van der Waals surface area contributed by atoms with Crippen molar-refractivity contribution >= 4 is 50.7 Å². The fourth-order valence-corrected chi connectivity index (χ4v) is 6.88. The van der Waals surface area contributed by atoms with Gasteiger partial charge in [-0.3, -0.25) is 13.9 Å². The number of hydrogen-bond acceptors (Lipinski definition) is 4. The first kappa shape index (κ1) is 35.0. The van der Waals surface area contributed by atoms with Crippen molar-refractivity contribution in [2.24, 2.45) is 0 Å². The van der Waals surface area contributed by atoms with E-state index in [1.54, 1.807) is 48.5 Å². The quantitative estimate of drug-likeness (QED) is 0.160. The van der Waals surface area contributed by atoms with Gasteiger partial charge in [-0.15, -0.1) is 0 Å². The molecular weight excluding hydrogens is 641 g/mol. The van der Waals surface area contributed by atoms with Gasteiger partial charge in [-0.2, -0.15) is 0 Å². The van der Waals surface area contributed by atoms with Crippen LogP contribution in [0, 0.1) is 13.8 Å². The Hall–Kier alpha value is -3.85. The number of sulfonamides is 1. The van der Waals surface area contributed by atoms with Crippen molar-refractivity contribution in [3.8, 4) is 0 Å². The monoisotopic (exact) mass is 679 g/mol.